The van der Waals surface area contributed by atoms with E-state index in [0.717, 1.165) is 24.0 Å². The minimum atomic E-state index is -1.10. The van der Waals surface area contributed by atoms with Gasteiger partial charge in [0.05, 0.1) is 0 Å². The molecule has 0 aliphatic rings. The Kier molecular flexibility index (Phi) is 8.79. The van der Waals surface area contributed by atoms with Gasteiger partial charge in [0, 0.05) is 54.0 Å². The molecule has 2 aromatic carbocycles. The molecule has 0 fully saturated rings. The van der Waals surface area contributed by atoms with Crippen LogP contribution in [-0.4, -0.2) is 11.1 Å². The van der Waals surface area contributed by atoms with Crippen molar-refractivity contribution >= 4 is 66.8 Å². The summed E-state index contributed by atoms with van der Waals surface area (Å²) >= 11 is 3.95. The number of hydrogen-bond donors (Lipinski definition) is 1. The van der Waals surface area contributed by atoms with Gasteiger partial charge < -0.3 is 18.2 Å². The normalized spacial score (nSPS) is 10.4. The number of rotatable bonds is 9. The van der Waals surface area contributed by atoms with E-state index in [1.54, 1.807) is 6.07 Å². The van der Waals surface area contributed by atoms with E-state index in [9.17, 15) is 9.90 Å². The summed E-state index contributed by atoms with van der Waals surface area (Å²) in [5.41, 5.74) is 1.65. The van der Waals surface area contributed by atoms with Gasteiger partial charge in [0.15, 0.2) is 5.75 Å². The molecule has 0 radical (unpaired) electrons. The monoisotopic (exact) mass is 604 g/mol. The molecule has 9 heteroatoms. The van der Waals surface area contributed by atoms with Crippen molar-refractivity contribution in [2.75, 3.05) is 0 Å². The van der Waals surface area contributed by atoms with Gasteiger partial charge in [-0.25, -0.2) is 4.79 Å². The van der Waals surface area contributed by atoms with Crippen LogP contribution in [0.15, 0.2) is 36.4 Å². The summed E-state index contributed by atoms with van der Waals surface area (Å²) in [7, 11) is 2.19. The molecular formula is C16H14I2O5S2. The molecule has 0 aliphatic carbocycles. The third-order valence-electron chi connectivity index (χ3n) is 3.34. The van der Waals surface area contributed by atoms with E-state index in [0.29, 0.717) is 17.7 Å². The third kappa shape index (κ3) is 5.47. The minimum absolute atomic E-state index is 0.00255. The smallest absolute Gasteiger partial charge is 0.343 e. The molecule has 0 unspecified atom stereocenters. The zero-order valence-electron chi connectivity index (χ0n) is 13.0. The number of carbonyl (C=O) groups is 1. The summed E-state index contributed by atoms with van der Waals surface area (Å²) in [6.45, 7) is 2.18. The first-order valence-corrected chi connectivity index (χ1v) is 13.7. The van der Waals surface area contributed by atoms with E-state index in [2.05, 4.69) is 0 Å². The van der Waals surface area contributed by atoms with Gasteiger partial charge in [0.2, 0.25) is 0 Å². The van der Waals surface area contributed by atoms with Crippen LogP contribution in [0.5, 0.6) is 17.2 Å². The van der Waals surface area contributed by atoms with Crippen LogP contribution in [0.25, 0.3) is 0 Å². The van der Waals surface area contributed by atoms with Gasteiger partial charge in [-0.3, -0.25) is 0 Å². The lowest BCUT2D eigenvalue weighted by Crippen LogP contribution is -2.09. The summed E-state index contributed by atoms with van der Waals surface area (Å²) in [5, 5.41) is 9.69. The summed E-state index contributed by atoms with van der Waals surface area (Å²) in [5.74, 6) is -0.0860. The quantitative estimate of drug-likeness (QED) is 0.267. The maximum atomic E-state index is 11.8. The third-order valence-corrected chi connectivity index (χ3v) is 4.91. The van der Waals surface area contributed by atoms with E-state index in [-0.39, 0.29) is 23.7 Å². The van der Waals surface area contributed by atoms with Gasteiger partial charge in [-0.1, -0.05) is 37.3 Å². The molecule has 0 saturated heterocycles. The highest BCUT2D eigenvalue weighted by atomic mass is 127. The lowest BCUT2D eigenvalue weighted by atomic mass is 10.0. The van der Waals surface area contributed by atoms with E-state index in [1.165, 1.54) is 0 Å². The van der Waals surface area contributed by atoms with Crippen LogP contribution in [0.3, 0.4) is 0 Å². The Morgan fingerprint density at radius 3 is 2.32 bits per heavy atom. The second-order valence-corrected chi connectivity index (χ2v) is 7.52. The SMILES string of the molecule is CCc1c(OSI)cc(OSI)c(C(=O)O)c1OCc1ccccc1. The highest BCUT2D eigenvalue weighted by Crippen LogP contribution is 2.43. The van der Waals surface area contributed by atoms with Crippen molar-refractivity contribution in [3.8, 4) is 17.2 Å². The molecule has 0 amide bonds. The van der Waals surface area contributed by atoms with Gasteiger partial charge >= 0.3 is 5.97 Å². The second kappa shape index (κ2) is 10.6. The maximum Gasteiger partial charge on any atom is 0.343 e. The van der Waals surface area contributed by atoms with Crippen LogP contribution in [0, 0.1) is 0 Å². The van der Waals surface area contributed by atoms with Crippen LogP contribution in [0.1, 0.15) is 28.4 Å². The number of halogens is 2. The first kappa shape index (κ1) is 20.8. The Morgan fingerprint density at radius 1 is 1.12 bits per heavy atom. The number of aromatic carboxylic acids is 1. The molecule has 2 rings (SSSR count). The summed E-state index contributed by atoms with van der Waals surface area (Å²) < 4.78 is 16.9. The topological polar surface area (TPSA) is 65.0 Å². The van der Waals surface area contributed by atoms with Gasteiger partial charge in [-0.15, -0.1) is 0 Å². The van der Waals surface area contributed by atoms with Gasteiger partial charge in [-0.2, -0.15) is 0 Å². The fourth-order valence-corrected chi connectivity index (χ4v) is 3.87. The summed E-state index contributed by atoms with van der Waals surface area (Å²) in [6.07, 6.45) is 0.564. The highest BCUT2D eigenvalue weighted by Gasteiger charge is 2.26. The van der Waals surface area contributed by atoms with E-state index >= 15 is 0 Å². The van der Waals surface area contributed by atoms with E-state index < -0.39 is 5.97 Å². The molecule has 0 atom stereocenters. The second-order valence-electron chi connectivity index (χ2n) is 4.78. The molecule has 0 bridgehead atoms. The summed E-state index contributed by atoms with van der Waals surface area (Å²) in [6, 6.07) is 11.2. The molecule has 2 aromatic rings. The van der Waals surface area contributed by atoms with Crippen molar-refractivity contribution in [1.29, 1.82) is 0 Å². The highest BCUT2D eigenvalue weighted by molar-refractivity contribution is 14.2. The van der Waals surface area contributed by atoms with Gasteiger partial charge in [-0.05, 0) is 12.0 Å². The zero-order chi connectivity index (χ0) is 18.2. The predicted octanol–water partition coefficient (Wildman–Crippen LogP) is 6.28. The Hall–Kier alpha value is -0.530. The first-order chi connectivity index (χ1) is 12.1. The van der Waals surface area contributed by atoms with Crippen LogP contribution in [0.2, 0.25) is 0 Å². The standard InChI is InChI=1S/C16H14I2O5S2/c1-2-11-12(22-24-17)8-13(23-25-18)14(16(19)20)15(11)21-9-10-6-4-3-5-7-10/h3-8H,2,9H2,1H3,(H,19,20). The fraction of sp³-hybridized carbons (Fsp3) is 0.188. The molecule has 134 valence electrons. The van der Waals surface area contributed by atoms with Gasteiger partial charge in [0.25, 0.3) is 0 Å². The number of ether oxygens (including phenoxy) is 1. The molecule has 5 nitrogen and oxygen atoms in total. The summed E-state index contributed by atoms with van der Waals surface area (Å²) in [4.78, 5) is 11.8. The van der Waals surface area contributed by atoms with Crippen molar-refractivity contribution in [3.63, 3.8) is 0 Å². The van der Waals surface area contributed by atoms with Crippen LogP contribution >= 0.6 is 60.8 Å². The van der Waals surface area contributed by atoms with Crippen LogP contribution < -0.4 is 13.1 Å². The molecule has 0 heterocycles. The minimum Gasteiger partial charge on any atom is -0.487 e. The molecule has 0 saturated carbocycles. The van der Waals surface area contributed by atoms with Crippen molar-refractivity contribution < 1.29 is 23.0 Å². The molecule has 0 spiro atoms. The zero-order valence-corrected chi connectivity index (χ0v) is 19.0. The van der Waals surface area contributed by atoms with Crippen molar-refractivity contribution in [3.05, 3.63) is 53.1 Å². The van der Waals surface area contributed by atoms with Crippen LogP contribution in [-0.2, 0) is 13.0 Å². The lowest BCUT2D eigenvalue weighted by molar-refractivity contribution is 0.0689. The van der Waals surface area contributed by atoms with Crippen LogP contribution in [0.4, 0.5) is 0 Å². The van der Waals surface area contributed by atoms with Crippen molar-refractivity contribution in [1.82, 2.24) is 0 Å². The van der Waals surface area contributed by atoms with E-state index in [4.69, 9.17) is 13.1 Å². The molecule has 25 heavy (non-hydrogen) atoms. The Balaban J connectivity index is 2.52. The predicted molar refractivity (Wildman–Crippen MR) is 118 cm³/mol. The number of carboxylic acids is 1. The van der Waals surface area contributed by atoms with Crippen molar-refractivity contribution in [2.45, 2.75) is 20.0 Å². The Labute approximate surface area is 178 Å². The average Bonchev–Trinajstić information content (AvgIpc) is 2.61. The lowest BCUT2D eigenvalue weighted by Gasteiger charge is -2.18. The first-order valence-electron chi connectivity index (χ1n) is 7.12. The Morgan fingerprint density at radius 2 is 1.76 bits per heavy atom. The fourth-order valence-electron chi connectivity index (χ4n) is 2.29. The average molecular weight is 604 g/mol. The number of hydrogen-bond acceptors (Lipinski definition) is 6. The number of benzene rings is 2. The molecular weight excluding hydrogens is 590 g/mol. The van der Waals surface area contributed by atoms with Crippen molar-refractivity contribution in [2.24, 2.45) is 0 Å². The largest absolute Gasteiger partial charge is 0.487 e. The molecule has 0 aromatic heterocycles. The maximum absolute atomic E-state index is 11.8. The molecule has 0 aliphatic heterocycles. The van der Waals surface area contributed by atoms with Gasteiger partial charge in [0.1, 0.15) is 42.1 Å². The number of carboxylic acid groups (broad SMARTS) is 1. The van der Waals surface area contributed by atoms with E-state index in [1.807, 2.05) is 79.7 Å². The molecule has 1 N–H and O–H groups in total. The Bertz CT molecular complexity index is 728.